The molecule has 8 heteroatoms. The van der Waals surface area contributed by atoms with E-state index in [0.29, 0.717) is 18.8 Å². The number of rotatable bonds is 9. The third kappa shape index (κ3) is 7.31. The van der Waals surface area contributed by atoms with Gasteiger partial charge in [0.2, 0.25) is 5.91 Å². The number of carbonyl (C=O) groups is 2. The lowest BCUT2D eigenvalue weighted by Gasteiger charge is -2.37. The van der Waals surface area contributed by atoms with E-state index in [1.54, 1.807) is 18.2 Å². The largest absolute Gasteiger partial charge is 0.478 e. The van der Waals surface area contributed by atoms with Crippen molar-refractivity contribution in [3.8, 4) is 0 Å². The summed E-state index contributed by atoms with van der Waals surface area (Å²) in [6.07, 6.45) is 0.819. The fourth-order valence-corrected chi connectivity index (χ4v) is 4.00. The van der Waals surface area contributed by atoms with E-state index < -0.39 is 5.97 Å². The van der Waals surface area contributed by atoms with Crippen molar-refractivity contribution in [2.45, 2.75) is 20.3 Å². The maximum Gasteiger partial charge on any atom is 0.335 e. The monoisotopic (exact) mass is 465 g/mol. The van der Waals surface area contributed by atoms with Gasteiger partial charge in [-0.15, -0.1) is 0 Å². The summed E-state index contributed by atoms with van der Waals surface area (Å²) in [6, 6.07) is 17.0. The minimum atomic E-state index is -0.960. The van der Waals surface area contributed by atoms with Gasteiger partial charge in [-0.1, -0.05) is 36.4 Å². The molecule has 1 heterocycles. The SMILES string of the molecule is CCN(CC)C(=O)CN1CCN(C(=NCCc2ccccc2)Nc2cccc(C(=O)O)c2)CC1. The number of hydrogen-bond acceptors (Lipinski definition) is 4. The quantitative estimate of drug-likeness (QED) is 0.437. The highest BCUT2D eigenvalue weighted by atomic mass is 16.4. The lowest BCUT2D eigenvalue weighted by atomic mass is 10.1. The summed E-state index contributed by atoms with van der Waals surface area (Å²) in [4.78, 5) is 34.9. The van der Waals surface area contributed by atoms with Crippen LogP contribution >= 0.6 is 0 Å². The van der Waals surface area contributed by atoms with E-state index in [1.165, 1.54) is 5.56 Å². The van der Waals surface area contributed by atoms with E-state index in [0.717, 1.165) is 51.6 Å². The van der Waals surface area contributed by atoms with Gasteiger partial charge in [0.25, 0.3) is 0 Å². The first-order valence-electron chi connectivity index (χ1n) is 11.9. The molecule has 2 aromatic rings. The van der Waals surface area contributed by atoms with Gasteiger partial charge in [0, 0.05) is 51.5 Å². The molecule has 3 rings (SSSR count). The molecule has 0 atom stereocenters. The minimum Gasteiger partial charge on any atom is -0.478 e. The van der Waals surface area contributed by atoms with Crippen LogP contribution in [0.1, 0.15) is 29.8 Å². The summed E-state index contributed by atoms with van der Waals surface area (Å²) in [7, 11) is 0. The summed E-state index contributed by atoms with van der Waals surface area (Å²) in [6.45, 7) is 9.52. The number of nitrogens with zero attached hydrogens (tertiary/aromatic N) is 4. The Morgan fingerprint density at radius 3 is 2.35 bits per heavy atom. The Morgan fingerprint density at radius 2 is 1.71 bits per heavy atom. The number of aromatic carboxylic acids is 1. The molecule has 0 unspecified atom stereocenters. The third-order valence-corrected chi connectivity index (χ3v) is 6.02. The van der Waals surface area contributed by atoms with Crippen molar-refractivity contribution in [2.75, 3.05) is 57.7 Å². The van der Waals surface area contributed by atoms with E-state index in [2.05, 4.69) is 27.2 Å². The fraction of sp³-hybridized carbons (Fsp3) is 0.423. The lowest BCUT2D eigenvalue weighted by molar-refractivity contribution is -0.132. The van der Waals surface area contributed by atoms with Gasteiger partial charge < -0.3 is 20.2 Å². The van der Waals surface area contributed by atoms with Crippen LogP contribution < -0.4 is 5.32 Å². The van der Waals surface area contributed by atoms with Crippen molar-refractivity contribution in [1.29, 1.82) is 0 Å². The van der Waals surface area contributed by atoms with Crippen LogP contribution in [0.15, 0.2) is 59.6 Å². The highest BCUT2D eigenvalue weighted by Crippen LogP contribution is 2.13. The first-order valence-corrected chi connectivity index (χ1v) is 11.9. The number of carbonyl (C=O) groups excluding carboxylic acids is 1. The predicted octanol–water partition coefficient (Wildman–Crippen LogP) is 2.88. The number of likely N-dealkylation sites (N-methyl/N-ethyl adjacent to an activating group) is 1. The summed E-state index contributed by atoms with van der Waals surface area (Å²) >= 11 is 0. The first kappa shape index (κ1) is 25.2. The van der Waals surface area contributed by atoms with Gasteiger partial charge >= 0.3 is 5.97 Å². The molecule has 8 nitrogen and oxygen atoms in total. The van der Waals surface area contributed by atoms with Crippen molar-refractivity contribution in [3.63, 3.8) is 0 Å². The maximum atomic E-state index is 12.5. The molecule has 0 saturated carbocycles. The number of carboxylic acids is 1. The molecule has 1 amide bonds. The van der Waals surface area contributed by atoms with E-state index in [4.69, 9.17) is 4.99 Å². The molecule has 1 saturated heterocycles. The highest BCUT2D eigenvalue weighted by Gasteiger charge is 2.23. The van der Waals surface area contributed by atoms with Gasteiger partial charge in [0.05, 0.1) is 12.1 Å². The van der Waals surface area contributed by atoms with Crippen molar-refractivity contribution in [2.24, 2.45) is 4.99 Å². The Labute approximate surface area is 201 Å². The second kappa shape index (κ2) is 12.7. The molecule has 2 N–H and O–H groups in total. The molecule has 0 aromatic heterocycles. The van der Waals surface area contributed by atoms with Crippen LogP contribution in [-0.4, -0.2) is 90.0 Å². The van der Waals surface area contributed by atoms with Gasteiger partial charge in [-0.2, -0.15) is 0 Å². The van der Waals surface area contributed by atoms with E-state index >= 15 is 0 Å². The third-order valence-electron chi connectivity index (χ3n) is 6.02. The van der Waals surface area contributed by atoms with E-state index in [-0.39, 0.29) is 11.5 Å². The Hall–Kier alpha value is -3.39. The number of anilines is 1. The number of aliphatic imine (C=N–C) groups is 1. The van der Waals surface area contributed by atoms with Gasteiger partial charge in [-0.25, -0.2) is 4.79 Å². The molecule has 0 spiro atoms. The Bertz CT molecular complexity index is 967. The average Bonchev–Trinajstić information content (AvgIpc) is 2.85. The highest BCUT2D eigenvalue weighted by molar-refractivity contribution is 5.96. The molecule has 1 aliphatic heterocycles. The van der Waals surface area contributed by atoms with Crippen LogP contribution in [0.25, 0.3) is 0 Å². The average molecular weight is 466 g/mol. The number of carboxylic acid groups (broad SMARTS) is 1. The Kier molecular flexibility index (Phi) is 9.46. The van der Waals surface area contributed by atoms with Crippen molar-refractivity contribution in [1.82, 2.24) is 14.7 Å². The minimum absolute atomic E-state index is 0.166. The summed E-state index contributed by atoms with van der Waals surface area (Å²) < 4.78 is 0. The van der Waals surface area contributed by atoms with Crippen LogP contribution in [0.4, 0.5) is 5.69 Å². The van der Waals surface area contributed by atoms with Crippen LogP contribution in [0.5, 0.6) is 0 Å². The topological polar surface area (TPSA) is 88.5 Å². The zero-order valence-corrected chi connectivity index (χ0v) is 20.1. The summed E-state index contributed by atoms with van der Waals surface area (Å²) in [5.74, 6) is -0.0651. The van der Waals surface area contributed by atoms with Gasteiger partial charge in [0.1, 0.15) is 0 Å². The molecule has 0 radical (unpaired) electrons. The maximum absolute atomic E-state index is 12.5. The van der Waals surface area contributed by atoms with Crippen LogP contribution in [0.3, 0.4) is 0 Å². The van der Waals surface area contributed by atoms with Crippen molar-refractivity contribution >= 4 is 23.5 Å². The van der Waals surface area contributed by atoms with Gasteiger partial charge in [-0.05, 0) is 44.0 Å². The normalized spacial score (nSPS) is 14.6. The molecule has 1 aliphatic rings. The van der Waals surface area contributed by atoms with Crippen LogP contribution in [-0.2, 0) is 11.2 Å². The van der Waals surface area contributed by atoms with Crippen molar-refractivity contribution in [3.05, 3.63) is 65.7 Å². The molecule has 2 aromatic carbocycles. The number of amides is 1. The van der Waals surface area contributed by atoms with Gasteiger partial charge in [-0.3, -0.25) is 14.7 Å². The molecular formula is C26H35N5O3. The van der Waals surface area contributed by atoms with E-state index in [9.17, 15) is 14.7 Å². The molecule has 0 aliphatic carbocycles. The number of piperazine rings is 1. The molecular weight excluding hydrogens is 430 g/mol. The number of hydrogen-bond donors (Lipinski definition) is 2. The fourth-order valence-electron chi connectivity index (χ4n) is 4.00. The second-order valence-electron chi connectivity index (χ2n) is 8.28. The molecule has 0 bridgehead atoms. The predicted molar refractivity (Wildman–Crippen MR) is 135 cm³/mol. The Balaban J connectivity index is 1.67. The van der Waals surface area contributed by atoms with E-state index in [1.807, 2.05) is 43.0 Å². The zero-order valence-electron chi connectivity index (χ0n) is 20.1. The molecule has 182 valence electrons. The van der Waals surface area contributed by atoms with Gasteiger partial charge in [0.15, 0.2) is 5.96 Å². The number of nitrogens with one attached hydrogen (secondary N) is 1. The van der Waals surface area contributed by atoms with Crippen molar-refractivity contribution < 1.29 is 14.7 Å². The van der Waals surface area contributed by atoms with Crippen LogP contribution in [0, 0.1) is 0 Å². The first-order chi connectivity index (χ1) is 16.5. The summed E-state index contributed by atoms with van der Waals surface area (Å²) in [5, 5.41) is 12.7. The molecule has 34 heavy (non-hydrogen) atoms. The number of benzene rings is 2. The molecule has 1 fully saturated rings. The number of guanidine groups is 1. The summed E-state index contributed by atoms with van der Waals surface area (Å²) in [5.41, 5.74) is 2.14. The Morgan fingerprint density at radius 1 is 1.00 bits per heavy atom. The zero-order chi connectivity index (χ0) is 24.3. The second-order valence-corrected chi connectivity index (χ2v) is 8.28. The van der Waals surface area contributed by atoms with Crippen LogP contribution in [0.2, 0.25) is 0 Å². The standard InChI is InChI=1S/C26H35N5O3/c1-3-30(4-2)24(32)20-29-15-17-31(18-16-29)26(27-14-13-21-9-6-5-7-10-21)28-23-12-8-11-22(19-23)25(33)34/h5-12,19H,3-4,13-18,20H2,1-2H3,(H,27,28)(H,33,34). The smallest absolute Gasteiger partial charge is 0.335 e. The lowest BCUT2D eigenvalue weighted by Crippen LogP contribution is -2.53.